The summed E-state index contributed by atoms with van der Waals surface area (Å²) >= 11 is 0. The number of piperazine rings is 1. The first-order chi connectivity index (χ1) is 14.7. The predicted molar refractivity (Wildman–Crippen MR) is 116 cm³/mol. The third-order valence-electron chi connectivity index (χ3n) is 5.56. The Morgan fingerprint density at radius 3 is 2.60 bits per heavy atom. The number of hydrazine groups is 1. The molecule has 1 aliphatic heterocycles. The van der Waals surface area contributed by atoms with Gasteiger partial charge in [-0.15, -0.1) is 0 Å². The van der Waals surface area contributed by atoms with E-state index in [2.05, 4.69) is 27.6 Å². The molecular weight excluding hydrogens is 385 g/mol. The van der Waals surface area contributed by atoms with Gasteiger partial charge in [0.05, 0.1) is 0 Å². The van der Waals surface area contributed by atoms with Crippen LogP contribution in [0.2, 0.25) is 0 Å². The first-order valence-corrected chi connectivity index (χ1v) is 10.3. The van der Waals surface area contributed by atoms with E-state index in [1.165, 1.54) is 12.1 Å². The van der Waals surface area contributed by atoms with Gasteiger partial charge < -0.3 is 19.5 Å². The average Bonchev–Trinajstić information content (AvgIpc) is 3.19. The number of aromatic nitrogens is 2. The number of fused-ring (bicyclic) bond motifs is 1. The molecule has 0 unspecified atom stereocenters. The lowest BCUT2D eigenvalue weighted by molar-refractivity contribution is 0.141. The fraction of sp³-hybridized carbons (Fsp3) is 0.381. The number of hydrogen-bond acceptors (Lipinski definition) is 7. The van der Waals surface area contributed by atoms with Crippen molar-refractivity contribution in [1.82, 2.24) is 24.8 Å². The van der Waals surface area contributed by atoms with Crippen LogP contribution in [0.5, 0.6) is 5.75 Å². The number of halogens is 1. The molecule has 0 aliphatic carbocycles. The van der Waals surface area contributed by atoms with E-state index in [0.29, 0.717) is 22.5 Å². The van der Waals surface area contributed by atoms with E-state index >= 15 is 0 Å². The molecule has 0 saturated carbocycles. The number of hydrogen-bond donors (Lipinski definition) is 3. The second-order valence-electron chi connectivity index (χ2n) is 7.34. The molecule has 0 radical (unpaired) electrons. The number of benzene rings is 1. The monoisotopic (exact) mass is 413 g/mol. The highest BCUT2D eigenvalue weighted by atomic mass is 19.1. The summed E-state index contributed by atoms with van der Waals surface area (Å²) < 4.78 is 16.4. The zero-order valence-corrected chi connectivity index (χ0v) is 17.1. The van der Waals surface area contributed by atoms with Crippen LogP contribution in [-0.2, 0) is 0 Å². The second-order valence-corrected chi connectivity index (χ2v) is 7.34. The van der Waals surface area contributed by atoms with E-state index in [-0.39, 0.29) is 5.82 Å². The number of nitrogens with zero attached hydrogens (tertiary/aromatic N) is 4. The minimum atomic E-state index is -0.348. The predicted octanol–water partition coefficient (Wildman–Crippen LogP) is 1.95. The zero-order valence-electron chi connectivity index (χ0n) is 17.1. The standard InChI is InChI=1S/C21H28FN7O/c1-2-27-11-13-28(14-12-27)10-7-24-20-6-9-29-8-5-17(21(29)25-20)18-15-16(30-26-23)3-4-19(18)22/h3-6,8-9,15,26H,2,7,10-14,23H2,1H3,(H,24,25). The summed E-state index contributed by atoms with van der Waals surface area (Å²) in [5, 5.41) is 3.40. The minimum absolute atomic E-state index is 0.348. The van der Waals surface area contributed by atoms with E-state index in [0.717, 1.165) is 51.6 Å². The lowest BCUT2D eigenvalue weighted by atomic mass is 10.1. The summed E-state index contributed by atoms with van der Waals surface area (Å²) in [6, 6.07) is 8.24. The van der Waals surface area contributed by atoms with Crippen LogP contribution in [0, 0.1) is 5.82 Å². The molecule has 0 atom stereocenters. The molecule has 0 amide bonds. The van der Waals surface area contributed by atoms with Gasteiger partial charge in [-0.2, -0.15) is 0 Å². The molecule has 9 heteroatoms. The molecule has 4 N–H and O–H groups in total. The molecule has 2 aromatic heterocycles. The summed E-state index contributed by atoms with van der Waals surface area (Å²) in [5.74, 6) is 6.04. The van der Waals surface area contributed by atoms with E-state index in [9.17, 15) is 4.39 Å². The third kappa shape index (κ3) is 4.54. The van der Waals surface area contributed by atoms with Crippen molar-refractivity contribution in [1.29, 1.82) is 0 Å². The van der Waals surface area contributed by atoms with Crippen molar-refractivity contribution < 1.29 is 9.23 Å². The molecule has 1 aliphatic rings. The van der Waals surface area contributed by atoms with Crippen LogP contribution in [0.25, 0.3) is 16.8 Å². The van der Waals surface area contributed by atoms with Crippen molar-refractivity contribution in [3.05, 3.63) is 48.5 Å². The molecule has 3 aromatic rings. The Morgan fingerprint density at radius 1 is 1.07 bits per heavy atom. The third-order valence-corrected chi connectivity index (χ3v) is 5.56. The molecule has 30 heavy (non-hydrogen) atoms. The van der Waals surface area contributed by atoms with Crippen LogP contribution < -0.4 is 21.6 Å². The highest BCUT2D eigenvalue weighted by Crippen LogP contribution is 2.30. The highest BCUT2D eigenvalue weighted by molar-refractivity contribution is 5.80. The van der Waals surface area contributed by atoms with E-state index in [1.54, 1.807) is 6.07 Å². The average molecular weight is 414 g/mol. The van der Waals surface area contributed by atoms with Gasteiger partial charge in [0.25, 0.3) is 0 Å². The van der Waals surface area contributed by atoms with Crippen LogP contribution in [0.1, 0.15) is 6.92 Å². The van der Waals surface area contributed by atoms with Crippen LogP contribution in [-0.4, -0.2) is 65.0 Å². The van der Waals surface area contributed by atoms with Crippen LogP contribution in [0.15, 0.2) is 42.7 Å². The maximum absolute atomic E-state index is 14.5. The van der Waals surface area contributed by atoms with Crippen LogP contribution >= 0.6 is 0 Å². The van der Waals surface area contributed by atoms with Crippen molar-refractivity contribution in [2.24, 2.45) is 5.84 Å². The van der Waals surface area contributed by atoms with Crippen molar-refractivity contribution in [2.75, 3.05) is 51.1 Å². The SMILES string of the molecule is CCN1CCN(CCNc2ccn3ccc(-c4cc(ONN)ccc4F)c3n2)CC1. The summed E-state index contributed by atoms with van der Waals surface area (Å²) in [6.45, 7) is 9.56. The van der Waals surface area contributed by atoms with Crippen molar-refractivity contribution >= 4 is 11.5 Å². The largest absolute Gasteiger partial charge is 0.394 e. The first-order valence-electron chi connectivity index (χ1n) is 10.3. The first kappa shape index (κ1) is 20.5. The van der Waals surface area contributed by atoms with Gasteiger partial charge in [-0.25, -0.2) is 15.2 Å². The molecule has 0 bridgehead atoms. The summed E-state index contributed by atoms with van der Waals surface area (Å²) in [7, 11) is 0. The Labute approximate surface area is 175 Å². The minimum Gasteiger partial charge on any atom is -0.394 e. The normalized spacial score (nSPS) is 15.6. The quantitative estimate of drug-likeness (QED) is 0.385. The summed E-state index contributed by atoms with van der Waals surface area (Å²) in [4.78, 5) is 14.7. The second kappa shape index (κ2) is 9.40. The molecular formula is C21H28FN7O. The Balaban J connectivity index is 1.46. The molecule has 1 saturated heterocycles. The fourth-order valence-corrected chi connectivity index (χ4v) is 3.80. The smallest absolute Gasteiger partial charge is 0.149 e. The molecule has 4 rings (SSSR count). The molecule has 0 spiro atoms. The lowest BCUT2D eigenvalue weighted by Crippen LogP contribution is -2.47. The highest BCUT2D eigenvalue weighted by Gasteiger charge is 2.16. The summed E-state index contributed by atoms with van der Waals surface area (Å²) in [5.41, 5.74) is 3.89. The number of anilines is 1. The summed E-state index contributed by atoms with van der Waals surface area (Å²) in [6.07, 6.45) is 3.79. The van der Waals surface area contributed by atoms with Crippen molar-refractivity contribution in [2.45, 2.75) is 6.92 Å². The number of nitrogens with two attached hydrogens (primary N) is 1. The Bertz CT molecular complexity index is 985. The van der Waals surface area contributed by atoms with E-state index in [4.69, 9.17) is 15.7 Å². The zero-order chi connectivity index (χ0) is 20.9. The molecule has 3 heterocycles. The van der Waals surface area contributed by atoms with Crippen molar-refractivity contribution in [3.63, 3.8) is 0 Å². The molecule has 160 valence electrons. The van der Waals surface area contributed by atoms with Crippen LogP contribution in [0.4, 0.5) is 10.2 Å². The molecule has 8 nitrogen and oxygen atoms in total. The van der Waals surface area contributed by atoms with Gasteiger partial charge >= 0.3 is 0 Å². The van der Waals surface area contributed by atoms with Gasteiger partial charge in [0, 0.05) is 62.8 Å². The number of rotatable bonds is 8. The topological polar surface area (TPSA) is 83.1 Å². The van der Waals surface area contributed by atoms with Gasteiger partial charge in [0.1, 0.15) is 23.0 Å². The van der Waals surface area contributed by atoms with E-state index < -0.39 is 0 Å². The van der Waals surface area contributed by atoms with Crippen molar-refractivity contribution in [3.8, 4) is 16.9 Å². The van der Waals surface area contributed by atoms with Crippen LogP contribution in [0.3, 0.4) is 0 Å². The Hall–Kier alpha value is -2.72. The fourth-order valence-electron chi connectivity index (χ4n) is 3.80. The molecule has 1 fully saturated rings. The Kier molecular flexibility index (Phi) is 6.44. The maximum atomic E-state index is 14.5. The van der Waals surface area contributed by atoms with Gasteiger partial charge in [-0.3, -0.25) is 4.90 Å². The van der Waals surface area contributed by atoms with Gasteiger partial charge in [-0.05, 0) is 36.9 Å². The molecule has 1 aromatic carbocycles. The maximum Gasteiger partial charge on any atom is 0.149 e. The van der Waals surface area contributed by atoms with Gasteiger partial charge in [0.15, 0.2) is 0 Å². The number of nitrogens with one attached hydrogen (secondary N) is 2. The lowest BCUT2D eigenvalue weighted by Gasteiger charge is -2.33. The van der Waals surface area contributed by atoms with E-state index in [1.807, 2.05) is 28.9 Å². The van der Waals surface area contributed by atoms with Gasteiger partial charge in [0.2, 0.25) is 0 Å². The number of likely N-dealkylation sites (N-methyl/N-ethyl adjacent to an activating group) is 1. The Morgan fingerprint density at radius 2 is 1.83 bits per heavy atom. The van der Waals surface area contributed by atoms with Gasteiger partial charge in [-0.1, -0.05) is 12.5 Å².